The Kier molecular flexibility index (Phi) is 8.55. The van der Waals surface area contributed by atoms with Gasteiger partial charge in [0.2, 0.25) is 11.8 Å². The molecule has 0 radical (unpaired) electrons. The van der Waals surface area contributed by atoms with Crippen molar-refractivity contribution in [1.82, 2.24) is 15.5 Å². The quantitative estimate of drug-likeness (QED) is 0.335. The van der Waals surface area contributed by atoms with Gasteiger partial charge in [0.15, 0.2) is 5.96 Å². The number of carbonyl (C=O) groups is 2. The summed E-state index contributed by atoms with van der Waals surface area (Å²) in [5, 5.41) is 9.48. The van der Waals surface area contributed by atoms with Gasteiger partial charge in [-0.15, -0.1) is 0 Å². The molecule has 2 fully saturated rings. The first-order chi connectivity index (χ1) is 15.0. The summed E-state index contributed by atoms with van der Waals surface area (Å²) in [5.41, 5.74) is 0.710. The van der Waals surface area contributed by atoms with Gasteiger partial charge in [-0.2, -0.15) is 0 Å². The summed E-state index contributed by atoms with van der Waals surface area (Å²) >= 11 is 0. The molecule has 8 heteroatoms. The Morgan fingerprint density at radius 1 is 1.23 bits per heavy atom. The number of carbonyl (C=O) groups excluding carboxylic acids is 2. The van der Waals surface area contributed by atoms with Crippen molar-refractivity contribution in [2.75, 3.05) is 38.1 Å². The lowest BCUT2D eigenvalue weighted by Gasteiger charge is -2.21. The van der Waals surface area contributed by atoms with E-state index in [-0.39, 0.29) is 17.9 Å². The molecule has 1 saturated carbocycles. The first-order valence-corrected chi connectivity index (χ1v) is 11.4. The summed E-state index contributed by atoms with van der Waals surface area (Å²) in [6.07, 6.45) is 5.40. The molecule has 1 aliphatic carbocycles. The molecule has 1 aromatic carbocycles. The van der Waals surface area contributed by atoms with Gasteiger partial charge >= 0.3 is 0 Å². The molecule has 3 N–H and O–H groups in total. The van der Waals surface area contributed by atoms with Crippen molar-refractivity contribution in [1.29, 1.82) is 0 Å². The Bertz CT molecular complexity index is 776. The highest BCUT2D eigenvalue weighted by Gasteiger charge is 2.32. The number of nitrogens with zero attached hydrogens (tertiary/aromatic N) is 2. The van der Waals surface area contributed by atoms with Crippen LogP contribution < -0.4 is 20.7 Å². The average molecular weight is 430 g/mol. The van der Waals surface area contributed by atoms with Crippen LogP contribution in [0.1, 0.15) is 46.0 Å². The summed E-state index contributed by atoms with van der Waals surface area (Å²) in [6.45, 7) is 6.76. The lowest BCUT2D eigenvalue weighted by atomic mass is 10.1. The largest absolute Gasteiger partial charge is 0.492 e. The zero-order valence-corrected chi connectivity index (χ0v) is 18.7. The van der Waals surface area contributed by atoms with E-state index in [9.17, 15) is 9.59 Å². The molecule has 0 bridgehead atoms. The molecule has 1 aromatic rings. The van der Waals surface area contributed by atoms with Gasteiger partial charge < -0.3 is 25.6 Å². The molecule has 1 atom stereocenters. The zero-order valence-electron chi connectivity index (χ0n) is 18.7. The maximum atomic E-state index is 12.6. The van der Waals surface area contributed by atoms with Crippen LogP contribution in [0.4, 0.5) is 5.69 Å². The Balaban J connectivity index is 1.45. The van der Waals surface area contributed by atoms with E-state index in [1.54, 1.807) is 6.07 Å². The monoisotopic (exact) mass is 429 g/mol. The summed E-state index contributed by atoms with van der Waals surface area (Å²) in [5.74, 6) is 1.90. The molecular weight excluding hydrogens is 394 g/mol. The number of hydrogen-bond acceptors (Lipinski definition) is 4. The average Bonchev–Trinajstić information content (AvgIpc) is 3.43. The van der Waals surface area contributed by atoms with Gasteiger partial charge in [-0.1, -0.05) is 18.9 Å². The molecule has 0 spiro atoms. The SMILES string of the molecule is CCNC(=NCCOc1cccc(NC(C)=O)c1)NC1CCN(C(=O)C2CCCC2)C1. The smallest absolute Gasteiger partial charge is 0.225 e. The van der Waals surface area contributed by atoms with E-state index < -0.39 is 0 Å². The number of anilines is 1. The third kappa shape index (κ3) is 7.15. The van der Waals surface area contributed by atoms with Gasteiger partial charge in [-0.25, -0.2) is 4.99 Å². The second-order valence-corrected chi connectivity index (χ2v) is 8.21. The van der Waals surface area contributed by atoms with Crippen LogP contribution >= 0.6 is 0 Å². The topological polar surface area (TPSA) is 95.1 Å². The van der Waals surface area contributed by atoms with Gasteiger partial charge in [0, 0.05) is 50.3 Å². The summed E-state index contributed by atoms with van der Waals surface area (Å²) in [6, 6.07) is 7.53. The minimum atomic E-state index is -0.112. The van der Waals surface area contributed by atoms with Crippen molar-refractivity contribution in [2.24, 2.45) is 10.9 Å². The number of benzene rings is 1. The van der Waals surface area contributed by atoms with Crippen LogP contribution in [0.15, 0.2) is 29.3 Å². The first kappa shape index (κ1) is 22.9. The van der Waals surface area contributed by atoms with Crippen LogP contribution in [-0.2, 0) is 9.59 Å². The third-order valence-corrected chi connectivity index (χ3v) is 5.67. The third-order valence-electron chi connectivity index (χ3n) is 5.67. The van der Waals surface area contributed by atoms with Gasteiger partial charge in [-0.05, 0) is 38.3 Å². The fraction of sp³-hybridized carbons (Fsp3) is 0.609. The molecule has 2 amide bonds. The molecule has 1 unspecified atom stereocenters. The predicted octanol–water partition coefficient (Wildman–Crippen LogP) is 2.37. The number of likely N-dealkylation sites (tertiary alicyclic amines) is 1. The Morgan fingerprint density at radius 2 is 2.03 bits per heavy atom. The van der Waals surface area contributed by atoms with Gasteiger partial charge in [0.25, 0.3) is 0 Å². The molecule has 2 aliphatic rings. The number of aliphatic imine (C=N–C) groups is 1. The number of rotatable bonds is 8. The Morgan fingerprint density at radius 3 is 2.77 bits per heavy atom. The molecule has 0 aromatic heterocycles. The fourth-order valence-corrected chi connectivity index (χ4v) is 4.21. The normalized spacial score (nSPS) is 19.4. The van der Waals surface area contributed by atoms with E-state index in [1.165, 1.54) is 19.8 Å². The summed E-state index contributed by atoms with van der Waals surface area (Å²) in [4.78, 5) is 30.5. The van der Waals surface area contributed by atoms with E-state index in [1.807, 2.05) is 30.0 Å². The van der Waals surface area contributed by atoms with E-state index in [0.717, 1.165) is 44.9 Å². The molecular formula is C23H35N5O3. The van der Waals surface area contributed by atoms with Crippen LogP contribution in [0, 0.1) is 5.92 Å². The number of ether oxygens (including phenoxy) is 1. The summed E-state index contributed by atoms with van der Waals surface area (Å²) < 4.78 is 5.77. The number of hydrogen-bond donors (Lipinski definition) is 3. The molecule has 8 nitrogen and oxygen atoms in total. The highest BCUT2D eigenvalue weighted by molar-refractivity contribution is 5.88. The lowest BCUT2D eigenvalue weighted by molar-refractivity contribution is -0.134. The van der Waals surface area contributed by atoms with Crippen LogP contribution in [0.2, 0.25) is 0 Å². The van der Waals surface area contributed by atoms with E-state index >= 15 is 0 Å². The predicted molar refractivity (Wildman–Crippen MR) is 122 cm³/mol. The van der Waals surface area contributed by atoms with Crippen LogP contribution in [0.3, 0.4) is 0 Å². The number of nitrogens with one attached hydrogen (secondary N) is 3. The fourth-order valence-electron chi connectivity index (χ4n) is 4.21. The van der Waals surface area contributed by atoms with Gasteiger partial charge in [0.05, 0.1) is 6.54 Å². The summed E-state index contributed by atoms with van der Waals surface area (Å²) in [7, 11) is 0. The minimum Gasteiger partial charge on any atom is -0.492 e. The highest BCUT2D eigenvalue weighted by atomic mass is 16.5. The Labute approximate surface area is 184 Å². The van der Waals surface area contributed by atoms with Crippen molar-refractivity contribution in [3.63, 3.8) is 0 Å². The lowest BCUT2D eigenvalue weighted by Crippen LogP contribution is -2.45. The molecule has 1 saturated heterocycles. The molecule has 170 valence electrons. The van der Waals surface area contributed by atoms with Crippen molar-refractivity contribution in [3.05, 3.63) is 24.3 Å². The van der Waals surface area contributed by atoms with E-state index in [0.29, 0.717) is 30.5 Å². The van der Waals surface area contributed by atoms with Crippen molar-refractivity contribution in [2.45, 2.75) is 52.0 Å². The molecule has 1 heterocycles. The first-order valence-electron chi connectivity index (χ1n) is 11.4. The maximum Gasteiger partial charge on any atom is 0.225 e. The van der Waals surface area contributed by atoms with Crippen molar-refractivity contribution >= 4 is 23.5 Å². The molecule has 3 rings (SSSR count). The van der Waals surface area contributed by atoms with Crippen LogP contribution in [0.25, 0.3) is 0 Å². The second kappa shape index (κ2) is 11.6. The van der Waals surface area contributed by atoms with Crippen LogP contribution in [-0.4, -0.2) is 61.5 Å². The zero-order chi connectivity index (χ0) is 22.1. The molecule has 31 heavy (non-hydrogen) atoms. The maximum absolute atomic E-state index is 12.6. The van der Waals surface area contributed by atoms with Crippen molar-refractivity contribution < 1.29 is 14.3 Å². The molecule has 1 aliphatic heterocycles. The number of amides is 2. The van der Waals surface area contributed by atoms with Gasteiger partial charge in [-0.3, -0.25) is 9.59 Å². The van der Waals surface area contributed by atoms with Crippen LogP contribution in [0.5, 0.6) is 5.75 Å². The highest BCUT2D eigenvalue weighted by Crippen LogP contribution is 2.27. The van der Waals surface area contributed by atoms with Crippen molar-refractivity contribution in [3.8, 4) is 5.75 Å². The standard InChI is InChI=1S/C23H35N5O3/c1-3-24-23(25-12-14-31-21-10-6-9-19(15-21)26-17(2)29)27-20-11-13-28(16-20)22(30)18-7-4-5-8-18/h6,9-10,15,18,20H,3-5,7-8,11-14,16H2,1-2H3,(H,26,29)(H2,24,25,27). The second-order valence-electron chi connectivity index (χ2n) is 8.21. The minimum absolute atomic E-state index is 0.112. The van der Waals surface area contributed by atoms with E-state index in [2.05, 4.69) is 20.9 Å². The van der Waals surface area contributed by atoms with E-state index in [4.69, 9.17) is 4.74 Å². The Hall–Kier alpha value is -2.77. The number of guanidine groups is 1. The van der Waals surface area contributed by atoms with Gasteiger partial charge in [0.1, 0.15) is 12.4 Å².